The van der Waals surface area contributed by atoms with Crippen molar-refractivity contribution in [1.29, 1.82) is 0 Å². The highest BCUT2D eigenvalue weighted by Gasteiger charge is 2.17. The third kappa shape index (κ3) is 3.92. The van der Waals surface area contributed by atoms with E-state index >= 15 is 0 Å². The third-order valence-electron chi connectivity index (χ3n) is 4.22. The highest BCUT2D eigenvalue weighted by atomic mass is 35.5. The van der Waals surface area contributed by atoms with E-state index in [1.807, 2.05) is 37.4 Å². The summed E-state index contributed by atoms with van der Waals surface area (Å²) in [6, 6.07) is 7.72. The van der Waals surface area contributed by atoms with Gasteiger partial charge in [-0.1, -0.05) is 18.5 Å². The van der Waals surface area contributed by atoms with Gasteiger partial charge in [-0.3, -0.25) is 0 Å². The number of hydrogen-bond donors (Lipinski definition) is 1. The second kappa shape index (κ2) is 7.15. The van der Waals surface area contributed by atoms with Crippen LogP contribution in [0.15, 0.2) is 30.5 Å². The number of benzene rings is 1. The van der Waals surface area contributed by atoms with Crippen LogP contribution in [0.5, 0.6) is 0 Å². The zero-order chi connectivity index (χ0) is 16.2. The fourth-order valence-corrected chi connectivity index (χ4v) is 2.99. The van der Waals surface area contributed by atoms with Gasteiger partial charge < -0.3 is 15.1 Å². The molecule has 0 aliphatic carbocycles. The number of aromatic nitrogens is 2. The van der Waals surface area contributed by atoms with E-state index in [0.717, 1.165) is 54.8 Å². The lowest BCUT2D eigenvalue weighted by Crippen LogP contribution is -2.46. The molecule has 0 bridgehead atoms. The van der Waals surface area contributed by atoms with Crippen molar-refractivity contribution in [3.8, 4) is 0 Å². The Labute approximate surface area is 142 Å². The van der Waals surface area contributed by atoms with E-state index in [2.05, 4.69) is 32.0 Å². The molecule has 6 heteroatoms. The van der Waals surface area contributed by atoms with Crippen molar-refractivity contribution in [3.05, 3.63) is 41.0 Å². The monoisotopic (exact) mass is 331 g/mol. The maximum Gasteiger partial charge on any atom is 0.229 e. The van der Waals surface area contributed by atoms with E-state index in [4.69, 9.17) is 11.6 Å². The van der Waals surface area contributed by atoms with Crippen LogP contribution in [0.3, 0.4) is 0 Å². The first-order chi connectivity index (χ1) is 11.2. The van der Waals surface area contributed by atoms with Gasteiger partial charge in [-0.05, 0) is 43.3 Å². The molecule has 1 saturated heterocycles. The minimum absolute atomic E-state index is 0.617. The molecule has 1 N–H and O–H groups in total. The Morgan fingerprint density at radius 1 is 1.17 bits per heavy atom. The molecular formula is C17H22ClN5. The standard InChI is InChI=1S/C17H22ClN5/c1-3-22-8-10-23(11-9-22)16-6-7-19-17(21-16)20-15-5-4-14(18)12-13(15)2/h4-7,12H,3,8-11H2,1-2H3,(H,19,20,21). The Bertz CT molecular complexity index is 668. The normalized spacial score (nSPS) is 15.7. The van der Waals surface area contributed by atoms with Crippen molar-refractivity contribution >= 4 is 29.1 Å². The Morgan fingerprint density at radius 3 is 2.65 bits per heavy atom. The van der Waals surface area contributed by atoms with Crippen molar-refractivity contribution in [3.63, 3.8) is 0 Å². The molecule has 0 radical (unpaired) electrons. The third-order valence-corrected chi connectivity index (χ3v) is 4.45. The van der Waals surface area contributed by atoms with Crippen LogP contribution in [0, 0.1) is 6.92 Å². The molecule has 0 unspecified atom stereocenters. The zero-order valence-corrected chi connectivity index (χ0v) is 14.3. The van der Waals surface area contributed by atoms with Crippen LogP contribution in [-0.2, 0) is 0 Å². The van der Waals surface area contributed by atoms with Gasteiger partial charge in [0.2, 0.25) is 5.95 Å². The summed E-state index contributed by atoms with van der Waals surface area (Å²) >= 11 is 6.00. The fraction of sp³-hybridized carbons (Fsp3) is 0.412. The minimum atomic E-state index is 0.617. The van der Waals surface area contributed by atoms with Crippen LogP contribution in [0.4, 0.5) is 17.5 Å². The van der Waals surface area contributed by atoms with Crippen molar-refractivity contribution in [1.82, 2.24) is 14.9 Å². The lowest BCUT2D eigenvalue weighted by atomic mass is 10.2. The number of nitrogens with one attached hydrogen (secondary N) is 1. The largest absolute Gasteiger partial charge is 0.354 e. The second-order valence-corrected chi connectivity index (χ2v) is 6.18. The van der Waals surface area contributed by atoms with E-state index < -0.39 is 0 Å². The first-order valence-corrected chi connectivity index (χ1v) is 8.37. The zero-order valence-electron chi connectivity index (χ0n) is 13.6. The van der Waals surface area contributed by atoms with Crippen molar-refractivity contribution in [2.75, 3.05) is 42.9 Å². The number of halogens is 1. The van der Waals surface area contributed by atoms with E-state index in [1.54, 1.807) is 0 Å². The molecule has 1 aromatic heterocycles. The number of anilines is 3. The summed E-state index contributed by atoms with van der Waals surface area (Å²) in [5, 5.41) is 4.01. The number of aryl methyl sites for hydroxylation is 1. The highest BCUT2D eigenvalue weighted by Crippen LogP contribution is 2.23. The average Bonchev–Trinajstić information content (AvgIpc) is 2.58. The van der Waals surface area contributed by atoms with Crippen LogP contribution >= 0.6 is 11.6 Å². The Morgan fingerprint density at radius 2 is 1.96 bits per heavy atom. The molecule has 1 aliphatic heterocycles. The summed E-state index contributed by atoms with van der Waals surface area (Å²) in [5.74, 6) is 1.59. The summed E-state index contributed by atoms with van der Waals surface area (Å²) < 4.78 is 0. The SMILES string of the molecule is CCN1CCN(c2ccnc(Nc3ccc(Cl)cc3C)n2)CC1. The lowest BCUT2D eigenvalue weighted by Gasteiger charge is -2.34. The van der Waals surface area contributed by atoms with Gasteiger partial charge in [-0.2, -0.15) is 4.98 Å². The molecule has 1 fully saturated rings. The van der Waals surface area contributed by atoms with Crippen LogP contribution in [0.1, 0.15) is 12.5 Å². The molecule has 2 heterocycles. The molecule has 3 rings (SSSR count). The van der Waals surface area contributed by atoms with Crippen molar-refractivity contribution in [2.45, 2.75) is 13.8 Å². The molecule has 0 saturated carbocycles. The summed E-state index contributed by atoms with van der Waals surface area (Å²) in [6.07, 6.45) is 1.81. The summed E-state index contributed by atoms with van der Waals surface area (Å²) in [4.78, 5) is 13.8. The topological polar surface area (TPSA) is 44.3 Å². The quantitative estimate of drug-likeness (QED) is 0.931. The molecule has 1 aromatic carbocycles. The average molecular weight is 332 g/mol. The van der Waals surface area contributed by atoms with Gasteiger partial charge in [-0.15, -0.1) is 0 Å². The number of piperazine rings is 1. The lowest BCUT2D eigenvalue weighted by molar-refractivity contribution is 0.270. The van der Waals surface area contributed by atoms with Crippen molar-refractivity contribution < 1.29 is 0 Å². The van der Waals surface area contributed by atoms with Gasteiger partial charge in [0.1, 0.15) is 5.82 Å². The number of rotatable bonds is 4. The second-order valence-electron chi connectivity index (χ2n) is 5.74. The predicted molar refractivity (Wildman–Crippen MR) is 95.8 cm³/mol. The summed E-state index contributed by atoms with van der Waals surface area (Å²) in [6.45, 7) is 9.51. The Kier molecular flexibility index (Phi) is 4.98. The molecule has 2 aromatic rings. The molecule has 5 nitrogen and oxygen atoms in total. The molecule has 1 aliphatic rings. The fourth-order valence-electron chi connectivity index (χ4n) is 2.77. The predicted octanol–water partition coefficient (Wildman–Crippen LogP) is 3.32. The molecule has 0 amide bonds. The molecule has 0 atom stereocenters. The molecule has 23 heavy (non-hydrogen) atoms. The van der Waals surface area contributed by atoms with Gasteiger partial charge in [0.05, 0.1) is 0 Å². The van der Waals surface area contributed by atoms with E-state index in [-0.39, 0.29) is 0 Å². The van der Waals surface area contributed by atoms with Gasteiger partial charge in [0.25, 0.3) is 0 Å². The van der Waals surface area contributed by atoms with Gasteiger partial charge in [0, 0.05) is 43.1 Å². The van der Waals surface area contributed by atoms with Crippen LogP contribution < -0.4 is 10.2 Å². The van der Waals surface area contributed by atoms with Gasteiger partial charge >= 0.3 is 0 Å². The summed E-state index contributed by atoms with van der Waals surface area (Å²) in [5.41, 5.74) is 2.05. The van der Waals surface area contributed by atoms with Crippen LogP contribution in [-0.4, -0.2) is 47.6 Å². The molecule has 0 spiro atoms. The molecular weight excluding hydrogens is 310 g/mol. The number of likely N-dealkylation sites (N-methyl/N-ethyl adjacent to an activating group) is 1. The molecule has 122 valence electrons. The van der Waals surface area contributed by atoms with E-state index in [0.29, 0.717) is 5.95 Å². The maximum atomic E-state index is 6.00. The number of hydrogen-bond acceptors (Lipinski definition) is 5. The first kappa shape index (κ1) is 16.0. The smallest absolute Gasteiger partial charge is 0.229 e. The van der Waals surface area contributed by atoms with E-state index in [1.165, 1.54) is 0 Å². The van der Waals surface area contributed by atoms with Gasteiger partial charge in [-0.25, -0.2) is 4.98 Å². The summed E-state index contributed by atoms with van der Waals surface area (Å²) in [7, 11) is 0. The maximum absolute atomic E-state index is 6.00. The van der Waals surface area contributed by atoms with Crippen LogP contribution in [0.2, 0.25) is 5.02 Å². The first-order valence-electron chi connectivity index (χ1n) is 7.99. The van der Waals surface area contributed by atoms with E-state index in [9.17, 15) is 0 Å². The van der Waals surface area contributed by atoms with Crippen LogP contribution in [0.25, 0.3) is 0 Å². The van der Waals surface area contributed by atoms with Gasteiger partial charge in [0.15, 0.2) is 0 Å². The van der Waals surface area contributed by atoms with Crippen molar-refractivity contribution in [2.24, 2.45) is 0 Å². The number of nitrogens with zero attached hydrogens (tertiary/aromatic N) is 4. The highest BCUT2D eigenvalue weighted by molar-refractivity contribution is 6.30. The Hall–Kier alpha value is -1.85. The minimum Gasteiger partial charge on any atom is -0.354 e. The Balaban J connectivity index is 1.72.